The molecule has 1 saturated heterocycles. The number of likely N-dealkylation sites (tertiary alicyclic amines) is 1. The van der Waals surface area contributed by atoms with Crippen LogP contribution < -0.4 is 5.32 Å². The zero-order valence-corrected chi connectivity index (χ0v) is 11.9. The molecule has 0 bridgehead atoms. The van der Waals surface area contributed by atoms with Crippen LogP contribution in [-0.4, -0.2) is 35.8 Å². The maximum absolute atomic E-state index is 12.8. The van der Waals surface area contributed by atoms with Gasteiger partial charge < -0.3 is 10.2 Å². The number of halogens is 1. The van der Waals surface area contributed by atoms with E-state index in [1.165, 1.54) is 12.1 Å². The van der Waals surface area contributed by atoms with E-state index < -0.39 is 0 Å². The van der Waals surface area contributed by atoms with Crippen LogP contribution >= 0.6 is 0 Å². The fourth-order valence-electron chi connectivity index (χ4n) is 2.34. The average Bonchev–Trinajstić information content (AvgIpc) is 2.78. The average molecular weight is 288 g/mol. The number of hydrogen-bond acceptors (Lipinski definition) is 2. The second-order valence-electron chi connectivity index (χ2n) is 4.97. The first-order chi connectivity index (χ1) is 10.1. The van der Waals surface area contributed by atoms with Crippen LogP contribution in [-0.2, 0) is 16.0 Å². The Morgan fingerprint density at radius 1 is 1.43 bits per heavy atom. The maximum Gasteiger partial charge on any atom is 0.296 e. The zero-order chi connectivity index (χ0) is 15.2. The normalized spacial score (nSPS) is 17.3. The number of nitrogens with one attached hydrogen (secondary N) is 1. The third-order valence-corrected chi connectivity index (χ3v) is 3.37. The highest BCUT2D eigenvalue weighted by Gasteiger charge is 2.29. The van der Waals surface area contributed by atoms with E-state index in [4.69, 9.17) is 0 Å². The lowest BCUT2D eigenvalue weighted by Gasteiger charge is -2.16. The van der Waals surface area contributed by atoms with E-state index in [1.54, 1.807) is 24.0 Å². The summed E-state index contributed by atoms with van der Waals surface area (Å²) >= 11 is 0. The highest BCUT2D eigenvalue weighted by atomic mass is 19.1. The van der Waals surface area contributed by atoms with Crippen molar-refractivity contribution in [2.45, 2.75) is 25.8 Å². The predicted molar refractivity (Wildman–Crippen MR) is 76.7 cm³/mol. The van der Waals surface area contributed by atoms with Crippen LogP contribution in [0.2, 0.25) is 0 Å². The molecule has 110 valence electrons. The van der Waals surface area contributed by atoms with Gasteiger partial charge in [0, 0.05) is 19.5 Å². The minimum absolute atomic E-state index is 0.0202. The van der Waals surface area contributed by atoms with Gasteiger partial charge in [0.2, 0.25) is 5.91 Å². The highest BCUT2D eigenvalue weighted by Crippen LogP contribution is 2.12. The number of benzene rings is 1. The SMILES string of the molecule is CC#CC(=O)N[C@@H]1CC(=O)N(CCc2ccc(F)cc2)C1. The van der Waals surface area contributed by atoms with Crippen molar-refractivity contribution in [3.05, 3.63) is 35.6 Å². The predicted octanol–water partition coefficient (Wildman–Crippen LogP) is 1.11. The standard InChI is InChI=1S/C16H17FN2O2/c1-2-3-15(20)18-14-10-16(21)19(11-14)9-8-12-4-6-13(17)7-5-12/h4-7,14H,8-11H2,1H3,(H,18,20)/t14-/m1/s1. The van der Waals surface area contributed by atoms with Gasteiger partial charge in [0.05, 0.1) is 6.04 Å². The molecule has 4 nitrogen and oxygen atoms in total. The van der Waals surface area contributed by atoms with Crippen molar-refractivity contribution < 1.29 is 14.0 Å². The largest absolute Gasteiger partial charge is 0.340 e. The number of rotatable bonds is 4. The van der Waals surface area contributed by atoms with Crippen molar-refractivity contribution in [1.29, 1.82) is 0 Å². The van der Waals surface area contributed by atoms with E-state index in [-0.39, 0.29) is 23.7 Å². The lowest BCUT2D eigenvalue weighted by Crippen LogP contribution is -2.36. The molecule has 0 radical (unpaired) electrons. The Bertz CT molecular complexity index is 587. The van der Waals surface area contributed by atoms with Gasteiger partial charge in [-0.2, -0.15) is 0 Å². The third kappa shape index (κ3) is 4.32. The van der Waals surface area contributed by atoms with Gasteiger partial charge >= 0.3 is 0 Å². The molecule has 21 heavy (non-hydrogen) atoms. The lowest BCUT2D eigenvalue weighted by molar-refractivity contribution is -0.127. The first kappa shape index (κ1) is 15.0. The fourth-order valence-corrected chi connectivity index (χ4v) is 2.34. The number of nitrogens with zero attached hydrogens (tertiary/aromatic N) is 1. The molecule has 0 unspecified atom stereocenters. The van der Waals surface area contributed by atoms with Gasteiger partial charge in [-0.05, 0) is 37.0 Å². The van der Waals surface area contributed by atoms with Gasteiger partial charge in [-0.3, -0.25) is 9.59 Å². The maximum atomic E-state index is 12.8. The molecule has 2 rings (SSSR count). The van der Waals surface area contributed by atoms with E-state index in [2.05, 4.69) is 17.2 Å². The van der Waals surface area contributed by atoms with Crippen molar-refractivity contribution in [3.8, 4) is 11.8 Å². The summed E-state index contributed by atoms with van der Waals surface area (Å²) in [6.45, 7) is 2.65. The van der Waals surface area contributed by atoms with Crippen molar-refractivity contribution in [2.75, 3.05) is 13.1 Å². The second-order valence-corrected chi connectivity index (χ2v) is 4.97. The van der Waals surface area contributed by atoms with E-state index >= 15 is 0 Å². The Morgan fingerprint density at radius 3 is 2.81 bits per heavy atom. The smallest absolute Gasteiger partial charge is 0.296 e. The molecule has 1 aromatic carbocycles. The Morgan fingerprint density at radius 2 is 2.14 bits per heavy atom. The Labute approximate surface area is 123 Å². The van der Waals surface area contributed by atoms with Crippen LogP contribution in [0.4, 0.5) is 4.39 Å². The van der Waals surface area contributed by atoms with Gasteiger partial charge in [0.1, 0.15) is 5.82 Å². The van der Waals surface area contributed by atoms with Gasteiger partial charge in [0.15, 0.2) is 0 Å². The zero-order valence-electron chi connectivity index (χ0n) is 11.9. The molecular weight excluding hydrogens is 271 g/mol. The molecule has 5 heteroatoms. The molecule has 1 atom stereocenters. The van der Waals surface area contributed by atoms with Gasteiger partial charge in [-0.1, -0.05) is 18.1 Å². The number of carbonyl (C=O) groups excluding carboxylic acids is 2. The van der Waals surface area contributed by atoms with E-state index in [1.807, 2.05) is 0 Å². The summed E-state index contributed by atoms with van der Waals surface area (Å²) in [6, 6.07) is 6.07. The first-order valence-electron chi connectivity index (χ1n) is 6.84. The van der Waals surface area contributed by atoms with Crippen LogP contribution in [0.5, 0.6) is 0 Å². The van der Waals surface area contributed by atoms with Gasteiger partial charge in [-0.15, -0.1) is 0 Å². The van der Waals surface area contributed by atoms with Crippen LogP contribution in [0.3, 0.4) is 0 Å². The third-order valence-electron chi connectivity index (χ3n) is 3.37. The summed E-state index contributed by atoms with van der Waals surface area (Å²) in [5, 5.41) is 2.72. The fraction of sp³-hybridized carbons (Fsp3) is 0.375. The van der Waals surface area contributed by atoms with Crippen molar-refractivity contribution >= 4 is 11.8 Å². The number of hydrogen-bond donors (Lipinski definition) is 1. The molecule has 1 N–H and O–H groups in total. The summed E-state index contributed by atoms with van der Waals surface area (Å²) in [4.78, 5) is 25.0. The van der Waals surface area contributed by atoms with E-state index in [9.17, 15) is 14.0 Å². The molecule has 1 fully saturated rings. The van der Waals surface area contributed by atoms with Crippen LogP contribution in [0.1, 0.15) is 18.9 Å². The molecule has 1 aliphatic heterocycles. The summed E-state index contributed by atoms with van der Waals surface area (Å²) in [7, 11) is 0. The summed E-state index contributed by atoms with van der Waals surface area (Å²) < 4.78 is 12.8. The molecule has 0 spiro atoms. The minimum atomic E-state index is -0.351. The Hall–Kier alpha value is -2.35. The molecule has 1 aliphatic rings. The summed E-state index contributed by atoms with van der Waals surface area (Å²) in [5.74, 6) is 4.32. The van der Waals surface area contributed by atoms with E-state index in [0.717, 1.165) is 5.56 Å². The molecule has 0 aliphatic carbocycles. The topological polar surface area (TPSA) is 49.4 Å². The van der Waals surface area contributed by atoms with Crippen molar-refractivity contribution in [2.24, 2.45) is 0 Å². The van der Waals surface area contributed by atoms with Gasteiger partial charge in [0.25, 0.3) is 5.91 Å². The highest BCUT2D eigenvalue weighted by molar-refractivity contribution is 5.94. The quantitative estimate of drug-likeness (QED) is 0.844. The summed E-state index contributed by atoms with van der Waals surface area (Å²) in [6.07, 6.45) is 0.974. The number of carbonyl (C=O) groups is 2. The van der Waals surface area contributed by atoms with Crippen LogP contribution in [0.15, 0.2) is 24.3 Å². The minimum Gasteiger partial charge on any atom is -0.340 e. The lowest BCUT2D eigenvalue weighted by atomic mass is 10.1. The number of amides is 2. The first-order valence-corrected chi connectivity index (χ1v) is 6.84. The van der Waals surface area contributed by atoms with Crippen LogP contribution in [0.25, 0.3) is 0 Å². The Kier molecular flexibility index (Phi) is 4.94. The molecule has 0 aromatic heterocycles. The van der Waals surface area contributed by atoms with Crippen molar-refractivity contribution in [1.82, 2.24) is 10.2 Å². The monoisotopic (exact) mass is 288 g/mol. The van der Waals surface area contributed by atoms with E-state index in [0.29, 0.717) is 25.9 Å². The van der Waals surface area contributed by atoms with Gasteiger partial charge in [-0.25, -0.2) is 4.39 Å². The second kappa shape index (κ2) is 6.89. The molecule has 0 saturated carbocycles. The molecule has 2 amide bonds. The Balaban J connectivity index is 1.84. The molecule has 1 heterocycles. The van der Waals surface area contributed by atoms with Crippen molar-refractivity contribution in [3.63, 3.8) is 0 Å². The van der Waals surface area contributed by atoms with Crippen LogP contribution in [0, 0.1) is 17.7 Å². The summed E-state index contributed by atoms with van der Waals surface area (Å²) in [5.41, 5.74) is 0.980. The molecule has 1 aromatic rings. The molecular formula is C16H17FN2O2.